The fourth-order valence-electron chi connectivity index (χ4n) is 2.94. The zero-order valence-corrected chi connectivity index (χ0v) is 13.2. The zero-order chi connectivity index (χ0) is 18.2. The average Bonchev–Trinajstić information content (AvgIpc) is 2.54. The van der Waals surface area contributed by atoms with E-state index in [9.17, 15) is 22.0 Å². The molecule has 2 aromatic rings. The van der Waals surface area contributed by atoms with Crippen LogP contribution >= 0.6 is 0 Å². The lowest BCUT2D eigenvalue weighted by atomic mass is 10.1. The highest BCUT2D eigenvalue weighted by Crippen LogP contribution is 2.31. The van der Waals surface area contributed by atoms with E-state index in [2.05, 4.69) is 0 Å². The standard InChI is InChI=1S/C17H16F5N3/c18-14-9-12(23)10-15(19)16(14)25-7-5-24(6-8-25)13-3-1-11(2-4-13)17(20,21)22/h1-4,9-10H,5-8,23H2. The molecule has 0 unspecified atom stereocenters. The van der Waals surface area contributed by atoms with Crippen LogP contribution in [0.1, 0.15) is 5.56 Å². The van der Waals surface area contributed by atoms with Crippen molar-refractivity contribution in [2.75, 3.05) is 41.7 Å². The molecule has 0 aliphatic carbocycles. The maximum Gasteiger partial charge on any atom is 0.416 e. The molecule has 134 valence electrons. The Labute approximate surface area is 141 Å². The van der Waals surface area contributed by atoms with Crippen LogP contribution in [0.15, 0.2) is 36.4 Å². The quantitative estimate of drug-likeness (QED) is 0.654. The number of alkyl halides is 3. The molecule has 0 spiro atoms. The summed E-state index contributed by atoms with van der Waals surface area (Å²) < 4.78 is 65.8. The van der Waals surface area contributed by atoms with Gasteiger partial charge in [0.1, 0.15) is 5.69 Å². The SMILES string of the molecule is Nc1cc(F)c(N2CCN(c3ccc(C(F)(F)F)cc3)CC2)c(F)c1. The molecule has 3 rings (SSSR count). The molecule has 2 aromatic carbocycles. The highest BCUT2D eigenvalue weighted by Gasteiger charge is 2.30. The molecule has 0 aromatic heterocycles. The van der Waals surface area contributed by atoms with E-state index in [4.69, 9.17) is 5.73 Å². The largest absolute Gasteiger partial charge is 0.416 e. The Balaban J connectivity index is 1.70. The van der Waals surface area contributed by atoms with Gasteiger partial charge < -0.3 is 15.5 Å². The lowest BCUT2D eigenvalue weighted by molar-refractivity contribution is -0.137. The highest BCUT2D eigenvalue weighted by molar-refractivity contribution is 5.57. The van der Waals surface area contributed by atoms with Crippen LogP contribution in [0.2, 0.25) is 0 Å². The van der Waals surface area contributed by atoms with Gasteiger partial charge in [-0.2, -0.15) is 13.2 Å². The van der Waals surface area contributed by atoms with Crippen LogP contribution in [-0.2, 0) is 6.18 Å². The summed E-state index contributed by atoms with van der Waals surface area (Å²) in [5.41, 5.74) is 5.24. The molecule has 8 heteroatoms. The fourth-order valence-corrected chi connectivity index (χ4v) is 2.94. The van der Waals surface area contributed by atoms with Crippen molar-refractivity contribution in [2.45, 2.75) is 6.18 Å². The summed E-state index contributed by atoms with van der Waals surface area (Å²) in [7, 11) is 0. The van der Waals surface area contributed by atoms with E-state index in [-0.39, 0.29) is 11.4 Å². The minimum absolute atomic E-state index is 0.0159. The summed E-state index contributed by atoms with van der Waals surface area (Å²) in [6.07, 6.45) is -4.37. The van der Waals surface area contributed by atoms with Crippen molar-refractivity contribution in [1.82, 2.24) is 0 Å². The Morgan fingerprint density at radius 1 is 0.800 bits per heavy atom. The van der Waals surface area contributed by atoms with Crippen LogP contribution in [0.3, 0.4) is 0 Å². The van der Waals surface area contributed by atoms with Gasteiger partial charge in [0, 0.05) is 37.6 Å². The van der Waals surface area contributed by atoms with E-state index in [1.165, 1.54) is 12.1 Å². The first kappa shape index (κ1) is 17.3. The number of anilines is 3. The molecular weight excluding hydrogens is 341 g/mol. The number of hydrogen-bond donors (Lipinski definition) is 1. The number of rotatable bonds is 2. The Bertz CT molecular complexity index is 727. The molecule has 1 fully saturated rings. The molecule has 1 aliphatic heterocycles. The molecule has 0 bridgehead atoms. The molecule has 1 aliphatic rings. The van der Waals surface area contributed by atoms with Gasteiger partial charge in [-0.1, -0.05) is 0 Å². The fraction of sp³-hybridized carbons (Fsp3) is 0.294. The predicted octanol–water partition coefficient (Wildman–Crippen LogP) is 3.89. The van der Waals surface area contributed by atoms with Crippen LogP contribution in [0, 0.1) is 11.6 Å². The van der Waals surface area contributed by atoms with Gasteiger partial charge in [0.25, 0.3) is 0 Å². The van der Waals surface area contributed by atoms with E-state index >= 15 is 0 Å². The second kappa shape index (κ2) is 6.42. The molecule has 1 heterocycles. The zero-order valence-electron chi connectivity index (χ0n) is 13.2. The summed E-state index contributed by atoms with van der Waals surface area (Å²) in [6, 6.07) is 7.01. The van der Waals surface area contributed by atoms with Crippen LogP contribution in [0.25, 0.3) is 0 Å². The van der Waals surface area contributed by atoms with Crippen molar-refractivity contribution in [3.05, 3.63) is 53.6 Å². The van der Waals surface area contributed by atoms with Gasteiger partial charge in [-0.05, 0) is 36.4 Å². The van der Waals surface area contributed by atoms with Crippen molar-refractivity contribution in [3.8, 4) is 0 Å². The van der Waals surface area contributed by atoms with E-state index < -0.39 is 23.4 Å². The van der Waals surface area contributed by atoms with E-state index in [1.807, 2.05) is 4.90 Å². The second-order valence-corrected chi connectivity index (χ2v) is 5.85. The van der Waals surface area contributed by atoms with E-state index in [1.54, 1.807) is 4.90 Å². The molecular formula is C17H16F5N3. The molecule has 25 heavy (non-hydrogen) atoms. The molecule has 3 nitrogen and oxygen atoms in total. The van der Waals surface area contributed by atoms with Crippen LogP contribution in [0.4, 0.5) is 39.0 Å². The number of piperazine rings is 1. The van der Waals surface area contributed by atoms with Crippen LogP contribution in [0.5, 0.6) is 0 Å². The third kappa shape index (κ3) is 3.62. The van der Waals surface area contributed by atoms with E-state index in [0.29, 0.717) is 31.9 Å². The molecule has 0 saturated carbocycles. The lowest BCUT2D eigenvalue weighted by Crippen LogP contribution is -2.47. The van der Waals surface area contributed by atoms with Crippen molar-refractivity contribution >= 4 is 17.1 Å². The first-order valence-electron chi connectivity index (χ1n) is 7.67. The van der Waals surface area contributed by atoms with Crippen molar-refractivity contribution in [3.63, 3.8) is 0 Å². The van der Waals surface area contributed by atoms with Crippen molar-refractivity contribution < 1.29 is 22.0 Å². The molecule has 0 atom stereocenters. The second-order valence-electron chi connectivity index (χ2n) is 5.85. The maximum absolute atomic E-state index is 14.0. The minimum atomic E-state index is -4.37. The summed E-state index contributed by atoms with van der Waals surface area (Å²) in [5, 5.41) is 0. The number of benzene rings is 2. The molecule has 0 radical (unpaired) electrons. The number of hydrogen-bond acceptors (Lipinski definition) is 3. The van der Waals surface area contributed by atoms with Gasteiger partial charge in [-0.15, -0.1) is 0 Å². The third-order valence-electron chi connectivity index (χ3n) is 4.19. The van der Waals surface area contributed by atoms with Crippen molar-refractivity contribution in [2.24, 2.45) is 0 Å². The summed E-state index contributed by atoms with van der Waals surface area (Å²) in [5.74, 6) is -1.44. The first-order chi connectivity index (χ1) is 11.8. The van der Waals surface area contributed by atoms with Gasteiger partial charge >= 0.3 is 6.18 Å². The van der Waals surface area contributed by atoms with Crippen molar-refractivity contribution in [1.29, 1.82) is 0 Å². The van der Waals surface area contributed by atoms with Gasteiger partial charge in [-0.25, -0.2) is 8.78 Å². The summed E-state index contributed by atoms with van der Waals surface area (Å²) in [4.78, 5) is 3.45. The van der Waals surface area contributed by atoms with Gasteiger partial charge in [0.15, 0.2) is 11.6 Å². The maximum atomic E-state index is 14.0. The normalized spacial score (nSPS) is 15.6. The predicted molar refractivity (Wildman–Crippen MR) is 86.6 cm³/mol. The number of nitrogen functional groups attached to an aromatic ring is 1. The number of nitrogens with zero attached hydrogens (tertiary/aromatic N) is 2. The monoisotopic (exact) mass is 357 g/mol. The Hall–Kier alpha value is -2.51. The lowest BCUT2D eigenvalue weighted by Gasteiger charge is -2.37. The summed E-state index contributed by atoms with van der Waals surface area (Å²) >= 11 is 0. The molecule has 0 amide bonds. The van der Waals surface area contributed by atoms with E-state index in [0.717, 1.165) is 24.3 Å². The van der Waals surface area contributed by atoms with Gasteiger partial charge in [0.05, 0.1) is 5.56 Å². The Kier molecular flexibility index (Phi) is 4.45. The third-order valence-corrected chi connectivity index (χ3v) is 4.19. The first-order valence-corrected chi connectivity index (χ1v) is 7.67. The molecule has 1 saturated heterocycles. The number of halogens is 5. The summed E-state index contributed by atoms with van der Waals surface area (Å²) in [6.45, 7) is 1.57. The van der Waals surface area contributed by atoms with Crippen LogP contribution in [-0.4, -0.2) is 26.2 Å². The topological polar surface area (TPSA) is 32.5 Å². The van der Waals surface area contributed by atoms with Gasteiger partial charge in [-0.3, -0.25) is 0 Å². The minimum Gasteiger partial charge on any atom is -0.399 e. The average molecular weight is 357 g/mol. The van der Waals surface area contributed by atoms with Gasteiger partial charge in [0.2, 0.25) is 0 Å². The Morgan fingerprint density at radius 3 is 1.76 bits per heavy atom. The highest BCUT2D eigenvalue weighted by atomic mass is 19.4. The molecule has 2 N–H and O–H groups in total. The smallest absolute Gasteiger partial charge is 0.399 e. The number of nitrogens with two attached hydrogens (primary N) is 1. The Morgan fingerprint density at radius 2 is 1.28 bits per heavy atom. The van der Waals surface area contributed by atoms with Crippen LogP contribution < -0.4 is 15.5 Å².